The van der Waals surface area contributed by atoms with Crippen molar-refractivity contribution in [3.63, 3.8) is 0 Å². The zero-order valence-electron chi connectivity index (χ0n) is 9.73. The highest BCUT2D eigenvalue weighted by Crippen LogP contribution is 2.20. The van der Waals surface area contributed by atoms with Crippen LogP contribution in [0, 0.1) is 6.92 Å². The third kappa shape index (κ3) is 2.61. The van der Waals surface area contributed by atoms with Gasteiger partial charge in [0, 0.05) is 13.2 Å². The summed E-state index contributed by atoms with van der Waals surface area (Å²) in [5.74, 6) is 7.78. The Balaban J connectivity index is 2.42. The monoisotopic (exact) mass is 234 g/mol. The molecule has 0 saturated carbocycles. The molecule has 0 saturated heterocycles. The number of nitrogens with two attached hydrogens (primary N) is 1. The summed E-state index contributed by atoms with van der Waals surface area (Å²) in [5, 5.41) is 0. The molecule has 2 rings (SSSR count). The summed E-state index contributed by atoms with van der Waals surface area (Å²) in [5.41, 5.74) is 3.23. The minimum atomic E-state index is 0.393. The second-order valence-electron chi connectivity index (χ2n) is 3.56. The maximum absolute atomic E-state index is 5.47. The molecule has 3 N–H and O–H groups in total. The summed E-state index contributed by atoms with van der Waals surface area (Å²) in [4.78, 5) is 8.55. The summed E-state index contributed by atoms with van der Waals surface area (Å²) < 4.78 is 10.5. The van der Waals surface area contributed by atoms with E-state index in [0.717, 1.165) is 11.5 Å². The Morgan fingerprint density at radius 2 is 2.24 bits per heavy atom. The predicted molar refractivity (Wildman–Crippen MR) is 63.0 cm³/mol. The molecule has 17 heavy (non-hydrogen) atoms. The fourth-order valence-electron chi connectivity index (χ4n) is 1.46. The molecule has 0 aliphatic heterocycles. The van der Waals surface area contributed by atoms with E-state index >= 15 is 0 Å². The number of anilines is 1. The van der Waals surface area contributed by atoms with E-state index in [1.165, 1.54) is 0 Å². The second kappa shape index (κ2) is 4.94. The molecule has 0 aliphatic rings. The third-order valence-electron chi connectivity index (χ3n) is 2.18. The van der Waals surface area contributed by atoms with Crippen LogP contribution in [-0.2, 0) is 11.3 Å². The van der Waals surface area contributed by atoms with E-state index in [4.69, 9.17) is 15.0 Å². The lowest BCUT2D eigenvalue weighted by molar-refractivity contribution is 0.181. The van der Waals surface area contributed by atoms with E-state index in [9.17, 15) is 0 Å². The Bertz CT molecular complexity index is 510. The Morgan fingerprint density at radius 1 is 1.41 bits per heavy atom. The van der Waals surface area contributed by atoms with Gasteiger partial charge in [-0.15, -0.1) is 0 Å². The first kappa shape index (κ1) is 11.6. The van der Waals surface area contributed by atoms with E-state index in [-0.39, 0.29) is 0 Å². The summed E-state index contributed by atoms with van der Waals surface area (Å²) in [7, 11) is 1.61. The highest BCUT2D eigenvalue weighted by atomic mass is 16.5. The van der Waals surface area contributed by atoms with Crippen LogP contribution in [-0.4, -0.2) is 17.1 Å². The van der Waals surface area contributed by atoms with Gasteiger partial charge >= 0.3 is 0 Å². The van der Waals surface area contributed by atoms with Crippen LogP contribution < -0.4 is 11.3 Å². The minimum absolute atomic E-state index is 0.393. The largest absolute Gasteiger partial charge is 0.458 e. The van der Waals surface area contributed by atoms with E-state index < -0.39 is 0 Å². The number of nitrogen functional groups attached to an aromatic ring is 1. The first-order valence-electron chi connectivity index (χ1n) is 5.13. The topological polar surface area (TPSA) is 86.2 Å². The van der Waals surface area contributed by atoms with Crippen molar-refractivity contribution >= 4 is 5.82 Å². The summed E-state index contributed by atoms with van der Waals surface area (Å²) >= 11 is 0. The normalized spacial score (nSPS) is 10.5. The smallest absolute Gasteiger partial charge is 0.197 e. The van der Waals surface area contributed by atoms with Crippen molar-refractivity contribution in [3.05, 3.63) is 29.7 Å². The number of hydrogen-bond donors (Lipinski definition) is 2. The number of hydrogen-bond acceptors (Lipinski definition) is 6. The van der Waals surface area contributed by atoms with E-state index in [0.29, 0.717) is 24.0 Å². The molecule has 6 nitrogen and oxygen atoms in total. The molecule has 2 heterocycles. The molecule has 0 atom stereocenters. The molecule has 90 valence electrons. The van der Waals surface area contributed by atoms with Crippen molar-refractivity contribution < 1.29 is 9.15 Å². The highest BCUT2D eigenvalue weighted by Gasteiger charge is 2.09. The Labute approximate surface area is 98.8 Å². The van der Waals surface area contributed by atoms with Crippen molar-refractivity contribution in [2.75, 3.05) is 12.5 Å². The predicted octanol–water partition coefficient (Wildman–Crippen LogP) is 1.48. The van der Waals surface area contributed by atoms with Gasteiger partial charge in [-0.05, 0) is 19.1 Å². The first-order valence-corrected chi connectivity index (χ1v) is 5.13. The van der Waals surface area contributed by atoms with E-state index in [1.807, 2.05) is 19.1 Å². The molecule has 0 bridgehead atoms. The maximum Gasteiger partial charge on any atom is 0.197 e. The van der Waals surface area contributed by atoms with Crippen LogP contribution in [0.2, 0.25) is 0 Å². The van der Waals surface area contributed by atoms with Gasteiger partial charge in [0.15, 0.2) is 11.6 Å². The van der Waals surface area contributed by atoms with Crippen LogP contribution in [0.1, 0.15) is 11.5 Å². The van der Waals surface area contributed by atoms with Gasteiger partial charge in [0.05, 0.1) is 12.3 Å². The fraction of sp³-hybridized carbons (Fsp3) is 0.273. The summed E-state index contributed by atoms with van der Waals surface area (Å²) in [6, 6.07) is 5.40. The van der Waals surface area contributed by atoms with Crippen LogP contribution in [0.15, 0.2) is 22.6 Å². The molecule has 6 heteroatoms. The number of nitrogens with one attached hydrogen (secondary N) is 1. The number of nitrogens with zero attached hydrogens (tertiary/aromatic N) is 2. The first-order chi connectivity index (χ1) is 8.22. The standard InChI is InChI=1S/C11H14N4O2/c1-7-3-4-9(17-7)11-13-8(6-16-2)5-10(14-11)15-12/h3-5H,6,12H2,1-2H3,(H,13,14,15). The van der Waals surface area contributed by atoms with E-state index in [1.54, 1.807) is 13.2 Å². The van der Waals surface area contributed by atoms with Crippen LogP contribution in [0.5, 0.6) is 0 Å². The molecule has 2 aromatic heterocycles. The summed E-state index contributed by atoms with van der Waals surface area (Å²) in [6.07, 6.45) is 0. The van der Waals surface area contributed by atoms with Crippen molar-refractivity contribution in [3.8, 4) is 11.6 Å². The zero-order valence-corrected chi connectivity index (χ0v) is 9.73. The lowest BCUT2D eigenvalue weighted by Crippen LogP contribution is -2.10. The molecule has 0 radical (unpaired) electrons. The number of furan rings is 1. The Hall–Kier alpha value is -1.92. The number of rotatable bonds is 4. The van der Waals surface area contributed by atoms with Gasteiger partial charge in [0.1, 0.15) is 11.6 Å². The van der Waals surface area contributed by atoms with Crippen molar-refractivity contribution in [2.24, 2.45) is 5.84 Å². The fourth-order valence-corrected chi connectivity index (χ4v) is 1.46. The molecule has 0 unspecified atom stereocenters. The molecular formula is C11H14N4O2. The van der Waals surface area contributed by atoms with Gasteiger partial charge in [0.25, 0.3) is 0 Å². The van der Waals surface area contributed by atoms with Crippen molar-refractivity contribution in [2.45, 2.75) is 13.5 Å². The molecule has 0 spiro atoms. The number of hydrazine groups is 1. The number of ether oxygens (including phenoxy) is 1. The van der Waals surface area contributed by atoms with Crippen LogP contribution in [0.4, 0.5) is 5.82 Å². The second-order valence-corrected chi connectivity index (χ2v) is 3.56. The molecule has 0 fully saturated rings. The van der Waals surface area contributed by atoms with Crippen LogP contribution >= 0.6 is 0 Å². The quantitative estimate of drug-likeness (QED) is 0.615. The maximum atomic E-state index is 5.47. The Kier molecular flexibility index (Phi) is 3.36. The average Bonchev–Trinajstić information content (AvgIpc) is 2.76. The van der Waals surface area contributed by atoms with E-state index in [2.05, 4.69) is 15.4 Å². The molecule has 0 amide bonds. The average molecular weight is 234 g/mol. The zero-order chi connectivity index (χ0) is 12.3. The van der Waals surface area contributed by atoms with Gasteiger partial charge in [-0.2, -0.15) is 0 Å². The SMILES string of the molecule is COCc1cc(NN)nc(-c2ccc(C)o2)n1. The van der Waals surface area contributed by atoms with Gasteiger partial charge in [0.2, 0.25) is 0 Å². The molecule has 0 aromatic carbocycles. The highest BCUT2D eigenvalue weighted by molar-refractivity contribution is 5.51. The Morgan fingerprint density at radius 3 is 2.82 bits per heavy atom. The molecule has 0 aliphatic carbocycles. The van der Waals surface area contributed by atoms with Gasteiger partial charge in [-0.1, -0.05) is 0 Å². The lowest BCUT2D eigenvalue weighted by Gasteiger charge is -2.05. The third-order valence-corrected chi connectivity index (χ3v) is 2.18. The van der Waals surface area contributed by atoms with Crippen molar-refractivity contribution in [1.29, 1.82) is 0 Å². The number of aryl methyl sites for hydroxylation is 1. The van der Waals surface area contributed by atoms with Crippen LogP contribution in [0.25, 0.3) is 11.6 Å². The van der Waals surface area contributed by atoms with Gasteiger partial charge in [-0.25, -0.2) is 15.8 Å². The molecular weight excluding hydrogens is 220 g/mol. The van der Waals surface area contributed by atoms with Crippen LogP contribution in [0.3, 0.4) is 0 Å². The lowest BCUT2D eigenvalue weighted by atomic mass is 10.3. The van der Waals surface area contributed by atoms with Gasteiger partial charge in [-0.3, -0.25) is 0 Å². The van der Waals surface area contributed by atoms with Gasteiger partial charge < -0.3 is 14.6 Å². The molecule has 2 aromatic rings. The number of aromatic nitrogens is 2. The van der Waals surface area contributed by atoms with Crippen molar-refractivity contribution in [1.82, 2.24) is 9.97 Å². The summed E-state index contributed by atoms with van der Waals surface area (Å²) in [6.45, 7) is 2.26. The number of methoxy groups -OCH3 is 1. The minimum Gasteiger partial charge on any atom is -0.458 e.